The molecule has 0 saturated carbocycles. The molecule has 1 aromatic heterocycles. The first-order valence-electron chi connectivity index (χ1n) is 6.90. The van der Waals surface area contributed by atoms with E-state index in [4.69, 9.17) is 9.52 Å². The molecule has 1 aliphatic rings. The van der Waals surface area contributed by atoms with Crippen LogP contribution in [0.1, 0.15) is 49.7 Å². The van der Waals surface area contributed by atoms with Gasteiger partial charge in [0.05, 0.1) is 12.8 Å². The molecule has 2 heterocycles. The Morgan fingerprint density at radius 3 is 2.58 bits per heavy atom. The van der Waals surface area contributed by atoms with Crippen LogP contribution in [0.15, 0.2) is 16.7 Å². The van der Waals surface area contributed by atoms with Crippen molar-refractivity contribution in [1.29, 1.82) is 0 Å². The van der Waals surface area contributed by atoms with Gasteiger partial charge in [-0.2, -0.15) is 0 Å². The Morgan fingerprint density at radius 2 is 2.05 bits per heavy atom. The maximum atomic E-state index is 11.0. The van der Waals surface area contributed by atoms with Gasteiger partial charge in [0.25, 0.3) is 0 Å². The van der Waals surface area contributed by atoms with E-state index in [1.54, 1.807) is 0 Å². The van der Waals surface area contributed by atoms with Gasteiger partial charge in [0.2, 0.25) is 0 Å². The Kier molecular flexibility index (Phi) is 3.99. The smallest absolute Gasteiger partial charge is 0.339 e. The first kappa shape index (κ1) is 14.1. The summed E-state index contributed by atoms with van der Waals surface area (Å²) in [6.07, 6.45) is 3.81. The van der Waals surface area contributed by atoms with E-state index < -0.39 is 5.97 Å². The molecule has 0 aliphatic carbocycles. The number of nitrogens with zero attached hydrogens (tertiary/aromatic N) is 1. The molecular formula is C15H23NO3. The highest BCUT2D eigenvalue weighted by atomic mass is 16.4. The van der Waals surface area contributed by atoms with Gasteiger partial charge in [-0.3, -0.25) is 4.90 Å². The number of carboxylic acids is 1. The highest BCUT2D eigenvalue weighted by molar-refractivity contribution is 5.88. The molecule has 1 saturated heterocycles. The number of aromatic carboxylic acids is 1. The number of hydrogen-bond acceptors (Lipinski definition) is 3. The zero-order valence-corrected chi connectivity index (χ0v) is 12.0. The second kappa shape index (κ2) is 5.37. The first-order chi connectivity index (χ1) is 8.88. The highest BCUT2D eigenvalue weighted by Gasteiger charge is 2.29. The molecular weight excluding hydrogens is 242 g/mol. The van der Waals surface area contributed by atoms with Crippen LogP contribution in [0.3, 0.4) is 0 Å². The highest BCUT2D eigenvalue weighted by Crippen LogP contribution is 2.34. The maximum absolute atomic E-state index is 11.0. The minimum Gasteiger partial charge on any atom is -0.478 e. The van der Waals surface area contributed by atoms with Crippen molar-refractivity contribution in [3.05, 3.63) is 23.7 Å². The molecule has 4 nitrogen and oxygen atoms in total. The van der Waals surface area contributed by atoms with Gasteiger partial charge in [-0.05, 0) is 43.3 Å². The van der Waals surface area contributed by atoms with E-state index in [2.05, 4.69) is 25.7 Å². The lowest BCUT2D eigenvalue weighted by molar-refractivity contribution is 0.0689. The molecule has 0 aromatic carbocycles. The number of piperidine rings is 1. The monoisotopic (exact) mass is 265 g/mol. The van der Waals surface area contributed by atoms with Gasteiger partial charge in [-0.15, -0.1) is 0 Å². The normalized spacial score (nSPS) is 18.7. The maximum Gasteiger partial charge on any atom is 0.339 e. The Morgan fingerprint density at radius 1 is 1.42 bits per heavy atom. The summed E-state index contributed by atoms with van der Waals surface area (Å²) in [6, 6.07) is 1.53. The van der Waals surface area contributed by atoms with Crippen LogP contribution in [0.5, 0.6) is 0 Å². The largest absolute Gasteiger partial charge is 0.478 e. The molecule has 1 aliphatic heterocycles. The molecule has 19 heavy (non-hydrogen) atoms. The Bertz CT molecular complexity index is 436. The molecule has 4 heteroatoms. The Hall–Kier alpha value is -1.29. The summed E-state index contributed by atoms with van der Waals surface area (Å²) < 4.78 is 5.30. The third-order valence-electron chi connectivity index (χ3n) is 4.16. The minimum absolute atomic E-state index is 0.290. The van der Waals surface area contributed by atoms with Gasteiger partial charge < -0.3 is 9.52 Å². The van der Waals surface area contributed by atoms with Gasteiger partial charge in [-0.25, -0.2) is 4.79 Å². The number of hydrogen-bond donors (Lipinski definition) is 1. The standard InChI is InChI=1S/C15H23NO3/c1-15(2,3)11-4-7-16(8-5-11)10-13-12(14(17)18)6-9-19-13/h6,9,11H,4-5,7-8,10H2,1-3H3,(H,17,18). The van der Waals surface area contributed by atoms with Crippen molar-refractivity contribution in [3.8, 4) is 0 Å². The molecule has 0 spiro atoms. The number of furan rings is 1. The predicted octanol–water partition coefficient (Wildman–Crippen LogP) is 3.24. The molecule has 0 bridgehead atoms. The molecule has 0 unspecified atom stereocenters. The molecule has 106 valence electrons. The van der Waals surface area contributed by atoms with Crippen molar-refractivity contribution in [2.45, 2.75) is 40.2 Å². The zero-order valence-electron chi connectivity index (χ0n) is 12.0. The van der Waals surface area contributed by atoms with E-state index in [0.29, 0.717) is 17.7 Å². The van der Waals surface area contributed by atoms with Gasteiger partial charge in [0.1, 0.15) is 11.3 Å². The van der Waals surface area contributed by atoms with Crippen LogP contribution in [0.4, 0.5) is 0 Å². The second-order valence-electron chi connectivity index (χ2n) is 6.48. The van der Waals surface area contributed by atoms with E-state index in [0.717, 1.165) is 19.0 Å². The fourth-order valence-corrected chi connectivity index (χ4v) is 2.81. The quantitative estimate of drug-likeness (QED) is 0.911. The summed E-state index contributed by atoms with van der Waals surface area (Å²) in [6.45, 7) is 9.52. The summed E-state index contributed by atoms with van der Waals surface area (Å²) >= 11 is 0. The molecule has 0 radical (unpaired) electrons. The molecule has 0 atom stereocenters. The average molecular weight is 265 g/mol. The fraction of sp³-hybridized carbons (Fsp3) is 0.667. The van der Waals surface area contributed by atoms with Gasteiger partial charge >= 0.3 is 5.97 Å². The van der Waals surface area contributed by atoms with Crippen LogP contribution in [-0.4, -0.2) is 29.1 Å². The average Bonchev–Trinajstić information content (AvgIpc) is 2.77. The van der Waals surface area contributed by atoms with E-state index >= 15 is 0 Å². The summed E-state index contributed by atoms with van der Waals surface area (Å²) in [4.78, 5) is 13.3. The lowest BCUT2D eigenvalue weighted by Crippen LogP contribution is -2.37. The van der Waals surface area contributed by atoms with Crippen molar-refractivity contribution >= 4 is 5.97 Å². The van der Waals surface area contributed by atoms with Crippen LogP contribution < -0.4 is 0 Å². The van der Waals surface area contributed by atoms with Crippen molar-refractivity contribution in [2.24, 2.45) is 11.3 Å². The summed E-state index contributed by atoms with van der Waals surface area (Å²) in [5.41, 5.74) is 0.654. The molecule has 2 rings (SSSR count). The topological polar surface area (TPSA) is 53.7 Å². The lowest BCUT2D eigenvalue weighted by atomic mass is 9.75. The number of rotatable bonds is 3. The van der Waals surface area contributed by atoms with Crippen LogP contribution in [-0.2, 0) is 6.54 Å². The molecule has 1 N–H and O–H groups in total. The van der Waals surface area contributed by atoms with Gasteiger partial charge in [0, 0.05) is 0 Å². The van der Waals surface area contributed by atoms with Crippen LogP contribution in [0.25, 0.3) is 0 Å². The molecule has 1 aromatic rings. The SMILES string of the molecule is CC(C)(C)C1CCN(Cc2occc2C(=O)O)CC1. The van der Waals surface area contributed by atoms with Gasteiger partial charge in [-0.1, -0.05) is 20.8 Å². The summed E-state index contributed by atoms with van der Waals surface area (Å²) in [5, 5.41) is 9.05. The number of likely N-dealkylation sites (tertiary alicyclic amines) is 1. The summed E-state index contributed by atoms with van der Waals surface area (Å²) in [5.74, 6) is 0.411. The van der Waals surface area contributed by atoms with E-state index in [1.165, 1.54) is 25.2 Å². The van der Waals surface area contributed by atoms with E-state index in [-0.39, 0.29) is 5.56 Å². The first-order valence-corrected chi connectivity index (χ1v) is 6.90. The van der Waals surface area contributed by atoms with Crippen LogP contribution in [0, 0.1) is 11.3 Å². The van der Waals surface area contributed by atoms with Crippen LogP contribution >= 0.6 is 0 Å². The van der Waals surface area contributed by atoms with Crippen LogP contribution in [0.2, 0.25) is 0 Å². The summed E-state index contributed by atoms with van der Waals surface area (Å²) in [7, 11) is 0. The lowest BCUT2D eigenvalue weighted by Gasteiger charge is -2.38. The third-order valence-corrected chi connectivity index (χ3v) is 4.16. The third kappa shape index (κ3) is 3.38. The minimum atomic E-state index is -0.909. The van der Waals surface area contributed by atoms with Crippen molar-refractivity contribution < 1.29 is 14.3 Å². The Labute approximate surface area is 114 Å². The van der Waals surface area contributed by atoms with E-state index in [9.17, 15) is 4.79 Å². The zero-order chi connectivity index (χ0) is 14.0. The number of carbonyl (C=O) groups is 1. The van der Waals surface area contributed by atoms with E-state index in [1.807, 2.05) is 0 Å². The Balaban J connectivity index is 1.92. The molecule has 1 fully saturated rings. The molecule has 0 amide bonds. The second-order valence-corrected chi connectivity index (χ2v) is 6.48. The predicted molar refractivity (Wildman–Crippen MR) is 73.1 cm³/mol. The van der Waals surface area contributed by atoms with Crippen molar-refractivity contribution in [1.82, 2.24) is 4.90 Å². The van der Waals surface area contributed by atoms with Gasteiger partial charge in [0.15, 0.2) is 0 Å². The van der Waals surface area contributed by atoms with Crippen molar-refractivity contribution in [2.75, 3.05) is 13.1 Å². The van der Waals surface area contributed by atoms with Crippen molar-refractivity contribution in [3.63, 3.8) is 0 Å². The number of carboxylic acid groups (broad SMARTS) is 1. The fourth-order valence-electron chi connectivity index (χ4n) is 2.81.